The van der Waals surface area contributed by atoms with Crippen LogP contribution in [0.4, 0.5) is 14.9 Å². The number of pyridine rings is 2. The number of amides is 2. The maximum absolute atomic E-state index is 13.2. The van der Waals surface area contributed by atoms with Crippen LogP contribution in [-0.2, 0) is 0 Å². The second-order valence-corrected chi connectivity index (χ2v) is 8.09. The van der Waals surface area contributed by atoms with Crippen molar-refractivity contribution in [3.63, 3.8) is 0 Å². The van der Waals surface area contributed by atoms with Crippen LogP contribution in [0.15, 0.2) is 91.5 Å². The number of hydrogen-bond donors (Lipinski definition) is 2. The Hall–Kier alpha value is -4.50. The number of carbonyl (C=O) groups excluding carboxylic acids is 1. The summed E-state index contributed by atoms with van der Waals surface area (Å²) in [5.74, 6) is 6.24. The molecular formula is C28H21FN4O. The first-order chi connectivity index (χ1) is 16.7. The smallest absolute Gasteiger partial charge is 0.319 e. The predicted molar refractivity (Wildman–Crippen MR) is 130 cm³/mol. The van der Waals surface area contributed by atoms with Crippen LogP contribution in [0.25, 0.3) is 11.1 Å². The summed E-state index contributed by atoms with van der Waals surface area (Å²) in [6, 6.07) is 19.2. The molecule has 2 amide bonds. The average molecular weight is 449 g/mol. The number of aromatic nitrogens is 2. The lowest BCUT2D eigenvalue weighted by Crippen LogP contribution is -2.31. The molecule has 5 nitrogen and oxygen atoms in total. The lowest BCUT2D eigenvalue weighted by molar-refractivity contribution is 0.251. The van der Waals surface area contributed by atoms with E-state index in [2.05, 4.69) is 32.4 Å². The molecule has 1 aliphatic carbocycles. The van der Waals surface area contributed by atoms with Crippen LogP contribution in [0.1, 0.15) is 29.0 Å². The molecule has 5 rings (SSSR count). The van der Waals surface area contributed by atoms with Gasteiger partial charge in [-0.3, -0.25) is 9.97 Å². The van der Waals surface area contributed by atoms with Gasteiger partial charge in [0.25, 0.3) is 0 Å². The zero-order chi connectivity index (χ0) is 23.3. The number of halogens is 1. The van der Waals surface area contributed by atoms with Crippen molar-refractivity contribution in [2.75, 3.05) is 5.32 Å². The Morgan fingerprint density at radius 1 is 0.941 bits per heavy atom. The monoisotopic (exact) mass is 448 g/mol. The number of nitrogens with one attached hydrogen (secondary N) is 2. The first-order valence-electron chi connectivity index (χ1n) is 11.0. The van der Waals surface area contributed by atoms with Crippen molar-refractivity contribution in [1.29, 1.82) is 0 Å². The maximum Gasteiger partial charge on any atom is 0.319 e. The predicted octanol–water partition coefficient (Wildman–Crippen LogP) is 5.36. The molecule has 4 aromatic rings. The van der Waals surface area contributed by atoms with Crippen molar-refractivity contribution in [3.05, 3.63) is 114 Å². The number of nitrogens with zero attached hydrogens (tertiary/aromatic N) is 2. The van der Waals surface area contributed by atoms with Crippen molar-refractivity contribution < 1.29 is 9.18 Å². The summed E-state index contributed by atoms with van der Waals surface area (Å²) in [6.07, 6.45) is 7.93. The van der Waals surface area contributed by atoms with Gasteiger partial charge < -0.3 is 10.6 Å². The molecule has 166 valence electrons. The van der Waals surface area contributed by atoms with E-state index < -0.39 is 0 Å². The molecule has 2 atom stereocenters. The van der Waals surface area contributed by atoms with Crippen LogP contribution in [0.5, 0.6) is 0 Å². The van der Waals surface area contributed by atoms with Gasteiger partial charge in [0, 0.05) is 53.6 Å². The molecule has 1 aliphatic rings. The summed E-state index contributed by atoms with van der Waals surface area (Å²) < 4.78 is 13.2. The van der Waals surface area contributed by atoms with E-state index in [-0.39, 0.29) is 17.9 Å². The number of benzene rings is 2. The van der Waals surface area contributed by atoms with Crippen molar-refractivity contribution in [2.24, 2.45) is 0 Å². The van der Waals surface area contributed by atoms with Gasteiger partial charge in [0.2, 0.25) is 0 Å². The average Bonchev–Trinajstić information content (AvgIpc) is 3.64. The number of rotatable bonds is 4. The van der Waals surface area contributed by atoms with Crippen LogP contribution in [0.3, 0.4) is 0 Å². The summed E-state index contributed by atoms with van der Waals surface area (Å²) in [7, 11) is 0. The molecule has 2 aromatic carbocycles. The molecule has 34 heavy (non-hydrogen) atoms. The van der Waals surface area contributed by atoms with E-state index >= 15 is 0 Å². The zero-order valence-electron chi connectivity index (χ0n) is 18.2. The minimum atomic E-state index is -0.304. The van der Waals surface area contributed by atoms with Gasteiger partial charge in [0.05, 0.1) is 0 Å². The van der Waals surface area contributed by atoms with Gasteiger partial charge in [0.15, 0.2) is 0 Å². The van der Waals surface area contributed by atoms with Crippen molar-refractivity contribution >= 4 is 11.7 Å². The molecule has 0 bridgehead atoms. The fraction of sp³-hybridized carbons (Fsp3) is 0.107. The van der Waals surface area contributed by atoms with Crippen LogP contribution in [0.2, 0.25) is 0 Å². The van der Waals surface area contributed by atoms with Gasteiger partial charge in [-0.1, -0.05) is 24.0 Å². The molecule has 0 radical (unpaired) electrons. The van der Waals surface area contributed by atoms with E-state index in [1.807, 2.05) is 48.7 Å². The standard InChI is InChI=1S/C28H21FN4O/c29-23-7-4-19(5-8-23)3-6-21-16-24(9-10-25(21)20-11-14-30-15-12-20)32-28(34)33-27-17-26(27)22-2-1-13-31-18-22/h1-2,4-5,7-16,18,26-27H,17H2,(H2,32,33,34). The van der Waals surface area contributed by atoms with Crippen LogP contribution in [-0.4, -0.2) is 22.0 Å². The highest BCUT2D eigenvalue weighted by Crippen LogP contribution is 2.40. The molecule has 1 fully saturated rings. The lowest BCUT2D eigenvalue weighted by atomic mass is 10.00. The van der Waals surface area contributed by atoms with E-state index in [0.717, 1.165) is 28.7 Å². The summed E-state index contributed by atoms with van der Waals surface area (Å²) in [5, 5.41) is 5.94. The fourth-order valence-corrected chi connectivity index (χ4v) is 3.84. The minimum Gasteiger partial charge on any atom is -0.334 e. The molecule has 2 N–H and O–H groups in total. The number of carbonyl (C=O) groups is 1. The third-order valence-electron chi connectivity index (χ3n) is 5.67. The van der Waals surface area contributed by atoms with Crippen molar-refractivity contribution in [1.82, 2.24) is 15.3 Å². The van der Waals surface area contributed by atoms with Gasteiger partial charge in [-0.05, 0) is 77.7 Å². The second-order valence-electron chi connectivity index (χ2n) is 8.09. The second kappa shape index (κ2) is 9.55. The third kappa shape index (κ3) is 5.11. The minimum absolute atomic E-state index is 0.0954. The Morgan fingerprint density at radius 3 is 2.53 bits per heavy atom. The van der Waals surface area contributed by atoms with Crippen LogP contribution in [0, 0.1) is 17.7 Å². The Morgan fingerprint density at radius 2 is 1.76 bits per heavy atom. The Labute approximate surface area is 197 Å². The van der Waals surface area contributed by atoms with E-state index in [4.69, 9.17) is 0 Å². The van der Waals surface area contributed by atoms with Crippen LogP contribution < -0.4 is 10.6 Å². The fourth-order valence-electron chi connectivity index (χ4n) is 3.84. The largest absolute Gasteiger partial charge is 0.334 e. The van der Waals surface area contributed by atoms with E-state index in [0.29, 0.717) is 17.2 Å². The van der Waals surface area contributed by atoms with Gasteiger partial charge >= 0.3 is 6.03 Å². The highest BCUT2D eigenvalue weighted by Gasteiger charge is 2.39. The molecule has 2 unspecified atom stereocenters. The molecule has 1 saturated carbocycles. The third-order valence-corrected chi connectivity index (χ3v) is 5.67. The highest BCUT2D eigenvalue weighted by atomic mass is 19.1. The summed E-state index contributed by atoms with van der Waals surface area (Å²) in [4.78, 5) is 20.8. The summed E-state index contributed by atoms with van der Waals surface area (Å²) >= 11 is 0. The molecular weight excluding hydrogens is 427 g/mol. The zero-order valence-corrected chi connectivity index (χ0v) is 18.2. The maximum atomic E-state index is 13.2. The molecule has 0 aliphatic heterocycles. The van der Waals surface area contributed by atoms with Crippen molar-refractivity contribution in [2.45, 2.75) is 18.4 Å². The molecule has 2 aromatic heterocycles. The van der Waals surface area contributed by atoms with Gasteiger partial charge in [-0.2, -0.15) is 0 Å². The summed E-state index contributed by atoms with van der Waals surface area (Å²) in [6.45, 7) is 0. The molecule has 2 heterocycles. The molecule has 0 spiro atoms. The topological polar surface area (TPSA) is 66.9 Å². The SMILES string of the molecule is O=C(Nc1ccc(-c2ccncc2)c(C#Cc2ccc(F)cc2)c1)NC1CC1c1cccnc1. The quantitative estimate of drug-likeness (QED) is 0.413. The number of anilines is 1. The first kappa shape index (κ1) is 21.4. The molecule has 6 heteroatoms. The lowest BCUT2D eigenvalue weighted by Gasteiger charge is -2.11. The van der Waals surface area contributed by atoms with Gasteiger partial charge in [-0.25, -0.2) is 9.18 Å². The summed E-state index contributed by atoms with van der Waals surface area (Å²) in [5.41, 5.74) is 5.10. The Kier molecular flexibility index (Phi) is 6.00. The van der Waals surface area contributed by atoms with E-state index in [9.17, 15) is 9.18 Å². The normalized spacial score (nSPS) is 16.1. The van der Waals surface area contributed by atoms with E-state index in [1.165, 1.54) is 12.1 Å². The first-order valence-corrected chi connectivity index (χ1v) is 11.0. The van der Waals surface area contributed by atoms with Gasteiger partial charge in [-0.15, -0.1) is 0 Å². The molecule has 0 saturated heterocycles. The van der Waals surface area contributed by atoms with Crippen LogP contribution >= 0.6 is 0 Å². The Balaban J connectivity index is 1.34. The number of urea groups is 1. The Bertz CT molecular complexity index is 1360. The number of hydrogen-bond acceptors (Lipinski definition) is 3. The highest BCUT2D eigenvalue weighted by molar-refractivity contribution is 5.91. The van der Waals surface area contributed by atoms with Gasteiger partial charge in [0.1, 0.15) is 5.82 Å². The van der Waals surface area contributed by atoms with Crippen molar-refractivity contribution in [3.8, 4) is 23.0 Å². The van der Waals surface area contributed by atoms with E-state index in [1.54, 1.807) is 30.7 Å².